The summed E-state index contributed by atoms with van der Waals surface area (Å²) in [4.78, 5) is 13.3. The number of carbonyl (C=O) groups excluding carboxylic acids is 1. The van der Waals surface area contributed by atoms with E-state index in [0.717, 1.165) is 0 Å². The topological polar surface area (TPSA) is 82.0 Å². The Morgan fingerprint density at radius 1 is 1.32 bits per heavy atom. The standard InChI is InChI=1S/C16H26N2O4/c1-11(14-12(19)7-6-8-13(14)20)17-9-10-18(5)15(21)22-16(2,3)4/h6-8,11,17,19-20H,9-10H2,1-5H3. The zero-order chi connectivity index (χ0) is 16.9. The minimum atomic E-state index is -0.520. The van der Waals surface area contributed by atoms with Crippen LogP contribution >= 0.6 is 0 Å². The third-order valence-electron chi connectivity index (χ3n) is 3.10. The molecule has 0 radical (unpaired) electrons. The van der Waals surface area contributed by atoms with E-state index in [1.54, 1.807) is 13.1 Å². The van der Waals surface area contributed by atoms with Gasteiger partial charge in [-0.25, -0.2) is 4.79 Å². The Labute approximate surface area is 131 Å². The molecule has 0 saturated heterocycles. The summed E-state index contributed by atoms with van der Waals surface area (Å²) in [6.45, 7) is 8.25. The molecule has 0 aromatic heterocycles. The summed E-state index contributed by atoms with van der Waals surface area (Å²) >= 11 is 0. The van der Waals surface area contributed by atoms with Crippen molar-refractivity contribution in [2.75, 3.05) is 20.1 Å². The van der Waals surface area contributed by atoms with Crippen LogP contribution < -0.4 is 5.32 Å². The Morgan fingerprint density at radius 2 is 1.86 bits per heavy atom. The molecule has 6 nitrogen and oxygen atoms in total. The van der Waals surface area contributed by atoms with E-state index < -0.39 is 5.60 Å². The number of nitrogens with zero attached hydrogens (tertiary/aromatic N) is 1. The lowest BCUT2D eigenvalue weighted by Gasteiger charge is -2.25. The van der Waals surface area contributed by atoms with Crippen molar-refractivity contribution in [3.63, 3.8) is 0 Å². The van der Waals surface area contributed by atoms with Crippen LogP contribution in [0.25, 0.3) is 0 Å². The molecule has 0 bridgehead atoms. The van der Waals surface area contributed by atoms with E-state index in [0.29, 0.717) is 18.7 Å². The first-order valence-electron chi connectivity index (χ1n) is 7.30. The first kappa shape index (κ1) is 18.1. The van der Waals surface area contributed by atoms with Gasteiger partial charge in [0.05, 0.1) is 5.56 Å². The van der Waals surface area contributed by atoms with Gasteiger partial charge in [-0.2, -0.15) is 0 Å². The highest BCUT2D eigenvalue weighted by molar-refractivity contribution is 5.67. The lowest BCUT2D eigenvalue weighted by molar-refractivity contribution is 0.0299. The van der Waals surface area contributed by atoms with Crippen molar-refractivity contribution in [1.29, 1.82) is 0 Å². The lowest BCUT2D eigenvalue weighted by Crippen LogP contribution is -2.38. The molecule has 1 rings (SSSR count). The SMILES string of the molecule is CC(NCCN(C)C(=O)OC(C)(C)C)c1c(O)cccc1O. The van der Waals surface area contributed by atoms with Gasteiger partial charge in [0, 0.05) is 26.2 Å². The molecule has 3 N–H and O–H groups in total. The Hall–Kier alpha value is -1.95. The zero-order valence-electron chi connectivity index (χ0n) is 13.9. The summed E-state index contributed by atoms with van der Waals surface area (Å²) in [7, 11) is 1.66. The highest BCUT2D eigenvalue weighted by atomic mass is 16.6. The van der Waals surface area contributed by atoms with Crippen LogP contribution in [0, 0.1) is 0 Å². The lowest BCUT2D eigenvalue weighted by atomic mass is 10.1. The second-order valence-electron chi connectivity index (χ2n) is 6.29. The predicted molar refractivity (Wildman–Crippen MR) is 85.1 cm³/mol. The second-order valence-corrected chi connectivity index (χ2v) is 6.29. The molecule has 0 spiro atoms. The first-order valence-corrected chi connectivity index (χ1v) is 7.30. The third kappa shape index (κ3) is 5.44. The van der Waals surface area contributed by atoms with Gasteiger partial charge in [0.15, 0.2) is 0 Å². The summed E-state index contributed by atoms with van der Waals surface area (Å²) < 4.78 is 5.26. The van der Waals surface area contributed by atoms with Crippen molar-refractivity contribution in [1.82, 2.24) is 10.2 Å². The summed E-state index contributed by atoms with van der Waals surface area (Å²) in [5.41, 5.74) is -0.0735. The van der Waals surface area contributed by atoms with Crippen molar-refractivity contribution in [3.8, 4) is 11.5 Å². The second kappa shape index (κ2) is 7.35. The number of amides is 1. The molecule has 6 heteroatoms. The van der Waals surface area contributed by atoms with Gasteiger partial charge in [-0.15, -0.1) is 0 Å². The molecule has 0 aliphatic carbocycles. The molecule has 1 atom stereocenters. The largest absolute Gasteiger partial charge is 0.507 e. The predicted octanol–water partition coefficient (Wildman–Crippen LogP) is 2.62. The van der Waals surface area contributed by atoms with Gasteiger partial charge in [-0.05, 0) is 39.8 Å². The number of carbonyl (C=O) groups is 1. The van der Waals surface area contributed by atoms with Gasteiger partial charge < -0.3 is 25.2 Å². The van der Waals surface area contributed by atoms with Crippen molar-refractivity contribution in [3.05, 3.63) is 23.8 Å². The number of benzene rings is 1. The monoisotopic (exact) mass is 310 g/mol. The molecular weight excluding hydrogens is 284 g/mol. The van der Waals surface area contributed by atoms with Crippen molar-refractivity contribution >= 4 is 6.09 Å². The van der Waals surface area contributed by atoms with E-state index in [1.165, 1.54) is 17.0 Å². The molecule has 1 aromatic rings. The van der Waals surface area contributed by atoms with E-state index >= 15 is 0 Å². The van der Waals surface area contributed by atoms with Crippen molar-refractivity contribution in [2.24, 2.45) is 0 Å². The van der Waals surface area contributed by atoms with Gasteiger partial charge in [0.1, 0.15) is 17.1 Å². The van der Waals surface area contributed by atoms with Gasteiger partial charge >= 0.3 is 6.09 Å². The van der Waals surface area contributed by atoms with Gasteiger partial charge in [0.25, 0.3) is 0 Å². The summed E-state index contributed by atoms with van der Waals surface area (Å²) in [6.07, 6.45) is -0.382. The maximum atomic E-state index is 11.8. The molecule has 0 aliphatic rings. The van der Waals surface area contributed by atoms with Crippen LogP contribution in [0.3, 0.4) is 0 Å². The molecule has 0 saturated carbocycles. The fraction of sp³-hybridized carbons (Fsp3) is 0.562. The van der Waals surface area contributed by atoms with E-state index in [9.17, 15) is 15.0 Å². The Kier molecular flexibility index (Phi) is 6.05. The normalized spacial score (nSPS) is 12.8. The van der Waals surface area contributed by atoms with Crippen LogP contribution in [-0.4, -0.2) is 46.9 Å². The quantitative estimate of drug-likeness (QED) is 0.779. The van der Waals surface area contributed by atoms with E-state index in [-0.39, 0.29) is 23.6 Å². The number of phenols is 2. The molecule has 22 heavy (non-hydrogen) atoms. The Morgan fingerprint density at radius 3 is 2.36 bits per heavy atom. The zero-order valence-corrected chi connectivity index (χ0v) is 13.9. The average Bonchev–Trinajstić information content (AvgIpc) is 2.36. The minimum Gasteiger partial charge on any atom is -0.507 e. The van der Waals surface area contributed by atoms with Crippen LogP contribution in [0.1, 0.15) is 39.3 Å². The number of phenolic OH excluding ortho intramolecular Hbond substituents is 2. The van der Waals surface area contributed by atoms with Gasteiger partial charge in [-0.1, -0.05) is 6.07 Å². The van der Waals surface area contributed by atoms with Crippen LogP contribution in [0.5, 0.6) is 11.5 Å². The average molecular weight is 310 g/mol. The number of likely N-dealkylation sites (N-methyl/N-ethyl adjacent to an activating group) is 1. The van der Waals surface area contributed by atoms with Crippen LogP contribution in [0.2, 0.25) is 0 Å². The molecular formula is C16H26N2O4. The van der Waals surface area contributed by atoms with E-state index in [1.807, 2.05) is 27.7 Å². The van der Waals surface area contributed by atoms with Gasteiger partial charge in [-0.3, -0.25) is 0 Å². The van der Waals surface area contributed by atoms with Crippen LogP contribution in [-0.2, 0) is 4.74 Å². The number of hydrogen-bond donors (Lipinski definition) is 3. The number of aromatic hydroxyl groups is 2. The molecule has 124 valence electrons. The number of hydrogen-bond acceptors (Lipinski definition) is 5. The van der Waals surface area contributed by atoms with Crippen molar-refractivity contribution in [2.45, 2.75) is 39.3 Å². The van der Waals surface area contributed by atoms with Crippen molar-refractivity contribution < 1.29 is 19.7 Å². The van der Waals surface area contributed by atoms with Gasteiger partial charge in [0.2, 0.25) is 0 Å². The van der Waals surface area contributed by atoms with Crippen LogP contribution in [0.4, 0.5) is 4.79 Å². The highest BCUT2D eigenvalue weighted by Gasteiger charge is 2.20. The number of rotatable bonds is 5. The third-order valence-corrected chi connectivity index (χ3v) is 3.10. The van der Waals surface area contributed by atoms with Crippen LogP contribution in [0.15, 0.2) is 18.2 Å². The number of ether oxygens (including phenoxy) is 1. The first-order chi connectivity index (χ1) is 10.1. The molecule has 0 aliphatic heterocycles. The Balaban J connectivity index is 2.48. The smallest absolute Gasteiger partial charge is 0.410 e. The molecule has 1 aromatic carbocycles. The number of nitrogens with one attached hydrogen (secondary N) is 1. The van der Waals surface area contributed by atoms with E-state index in [2.05, 4.69) is 5.32 Å². The minimum absolute atomic E-state index is 0.0421. The molecule has 1 amide bonds. The van der Waals surface area contributed by atoms with E-state index in [4.69, 9.17) is 4.74 Å². The fourth-order valence-corrected chi connectivity index (χ4v) is 1.97. The molecule has 0 fully saturated rings. The summed E-state index contributed by atoms with van der Waals surface area (Å²) in [6, 6.07) is 4.39. The Bertz CT molecular complexity index is 491. The molecule has 1 unspecified atom stereocenters. The summed E-state index contributed by atoms with van der Waals surface area (Å²) in [5, 5.41) is 22.8. The fourth-order valence-electron chi connectivity index (χ4n) is 1.97. The highest BCUT2D eigenvalue weighted by Crippen LogP contribution is 2.31. The maximum absolute atomic E-state index is 11.8. The maximum Gasteiger partial charge on any atom is 0.410 e. The molecule has 0 heterocycles. The summed E-state index contributed by atoms with van der Waals surface area (Å²) in [5.74, 6) is 0.0843.